The molecule has 5 N–H and O–H groups in total. The maximum Gasteiger partial charge on any atom is 0.320 e. The molecule has 11 atom stereocenters. The third-order valence-corrected chi connectivity index (χ3v) is 11.8. The number of hydrogen-bond acceptors (Lipinski definition) is 5. The molecule has 4 saturated carbocycles. The summed E-state index contributed by atoms with van der Waals surface area (Å²) in [4.78, 5) is 23.1. The molecule has 7 heteroatoms. The van der Waals surface area contributed by atoms with Crippen LogP contribution in [0.2, 0.25) is 0 Å². The highest BCUT2D eigenvalue weighted by Gasteiger charge is 2.65. The van der Waals surface area contributed by atoms with E-state index in [9.17, 15) is 35.1 Å². The number of fused-ring (bicyclic) bond motifs is 5. The van der Waals surface area contributed by atoms with Gasteiger partial charge in [-0.3, -0.25) is 9.59 Å². The van der Waals surface area contributed by atoms with Gasteiger partial charge in [0.1, 0.15) is 0 Å². The zero-order valence-corrected chi connectivity index (χ0v) is 21.8. The highest BCUT2D eigenvalue weighted by atomic mass is 16.4. The van der Waals surface area contributed by atoms with Crippen LogP contribution in [0.1, 0.15) is 91.9 Å². The van der Waals surface area contributed by atoms with E-state index in [0.717, 1.165) is 44.9 Å². The first kappa shape index (κ1) is 26.9. The third kappa shape index (κ3) is 4.14. The Hall–Kier alpha value is -1.18. The van der Waals surface area contributed by atoms with Gasteiger partial charge in [0.2, 0.25) is 0 Å². The van der Waals surface area contributed by atoms with Crippen molar-refractivity contribution in [1.82, 2.24) is 0 Å². The normalized spacial score (nSPS) is 46.3. The van der Waals surface area contributed by atoms with Crippen LogP contribution in [0, 0.1) is 51.8 Å². The molecule has 4 aliphatic rings. The second-order valence-electron chi connectivity index (χ2n) is 13.3. The number of aliphatic carboxylic acids is 2. The van der Waals surface area contributed by atoms with E-state index in [1.807, 2.05) is 0 Å². The van der Waals surface area contributed by atoms with Gasteiger partial charge in [-0.15, -0.1) is 0 Å². The van der Waals surface area contributed by atoms with E-state index in [-0.39, 0.29) is 52.9 Å². The molecule has 0 aromatic heterocycles. The van der Waals surface area contributed by atoms with Gasteiger partial charge in [-0.25, -0.2) is 0 Å². The van der Waals surface area contributed by atoms with Crippen molar-refractivity contribution in [3.8, 4) is 0 Å². The predicted octanol–water partition coefficient (Wildman–Crippen LogP) is 3.93. The van der Waals surface area contributed by atoms with Gasteiger partial charge in [0.25, 0.3) is 0 Å². The van der Waals surface area contributed by atoms with Crippen LogP contribution in [-0.4, -0.2) is 55.8 Å². The molecule has 4 fully saturated rings. The Morgan fingerprint density at radius 1 is 0.971 bits per heavy atom. The number of aliphatic hydroxyl groups excluding tert-OH is 3. The quantitative estimate of drug-likeness (QED) is 0.338. The van der Waals surface area contributed by atoms with Crippen molar-refractivity contribution in [2.75, 3.05) is 0 Å². The minimum atomic E-state index is -1.77. The van der Waals surface area contributed by atoms with Gasteiger partial charge in [-0.1, -0.05) is 33.6 Å². The van der Waals surface area contributed by atoms with Crippen molar-refractivity contribution in [2.45, 2.75) is 110 Å². The minimum absolute atomic E-state index is 0.0489. The second kappa shape index (κ2) is 9.29. The fraction of sp³-hybridized carbons (Fsp3) is 0.929. The van der Waals surface area contributed by atoms with E-state index in [1.54, 1.807) is 0 Å². The highest BCUT2D eigenvalue weighted by molar-refractivity contribution is 5.97. The molecular weight excluding hydrogens is 448 g/mol. The standard InChI is InChI=1S/C28H46O7/c1-15(6-5-10-27(3,24(32)33)25(34)35)18-7-8-19-23-20(14-22(31)28(18,19)4)26(2)11-9-17(29)12-16(26)13-21(23)30/h15-23,29-31H,5-14H2,1-4H3,(H,32,33)(H,34,35)/t15-,16+,17-,18-,19+,20+,21-,22+,23+,26+,28-/m1/s1. The van der Waals surface area contributed by atoms with Crippen LogP contribution in [0.5, 0.6) is 0 Å². The topological polar surface area (TPSA) is 135 Å². The number of rotatable bonds is 7. The summed E-state index contributed by atoms with van der Waals surface area (Å²) in [5.41, 5.74) is -2.03. The van der Waals surface area contributed by atoms with Gasteiger partial charge in [-0.05, 0) is 105 Å². The largest absolute Gasteiger partial charge is 0.480 e. The predicted molar refractivity (Wildman–Crippen MR) is 130 cm³/mol. The molecule has 0 unspecified atom stereocenters. The molecule has 4 rings (SSSR count). The van der Waals surface area contributed by atoms with Crippen LogP contribution in [0.25, 0.3) is 0 Å². The Kier molecular flexibility index (Phi) is 7.13. The first-order chi connectivity index (χ1) is 16.3. The fourth-order valence-corrected chi connectivity index (χ4v) is 9.42. The first-order valence-corrected chi connectivity index (χ1v) is 13.8. The number of carboxylic acid groups (broad SMARTS) is 2. The fourth-order valence-electron chi connectivity index (χ4n) is 9.42. The number of carbonyl (C=O) groups is 2. The molecule has 0 saturated heterocycles. The Balaban J connectivity index is 1.50. The summed E-state index contributed by atoms with van der Waals surface area (Å²) >= 11 is 0. The Bertz CT molecular complexity index is 814. The Morgan fingerprint density at radius 2 is 1.63 bits per heavy atom. The molecule has 0 bridgehead atoms. The lowest BCUT2D eigenvalue weighted by Crippen LogP contribution is -2.62. The van der Waals surface area contributed by atoms with Crippen molar-refractivity contribution in [3.63, 3.8) is 0 Å². The lowest BCUT2D eigenvalue weighted by atomic mass is 9.43. The summed E-state index contributed by atoms with van der Waals surface area (Å²) in [6.07, 6.45) is 6.08. The molecular formula is C28H46O7. The lowest BCUT2D eigenvalue weighted by molar-refractivity contribution is -0.207. The SMILES string of the molecule is C[C@H](CCCC(C)(C(=O)O)C(=O)O)[C@H]1CC[C@H]2[C@@H]3[C@H](O)C[C@@H]4C[C@H](O)CC[C@]4(C)[C@H]3C[C@H](O)[C@]12C. The monoisotopic (exact) mass is 494 g/mol. The van der Waals surface area contributed by atoms with Crippen LogP contribution in [0.15, 0.2) is 0 Å². The average molecular weight is 495 g/mol. The van der Waals surface area contributed by atoms with Crippen molar-refractivity contribution in [3.05, 3.63) is 0 Å². The van der Waals surface area contributed by atoms with Crippen LogP contribution < -0.4 is 0 Å². The Morgan fingerprint density at radius 3 is 2.26 bits per heavy atom. The molecule has 4 aliphatic carbocycles. The van der Waals surface area contributed by atoms with Gasteiger partial charge < -0.3 is 25.5 Å². The molecule has 0 radical (unpaired) electrons. The van der Waals surface area contributed by atoms with E-state index < -0.39 is 29.6 Å². The van der Waals surface area contributed by atoms with E-state index >= 15 is 0 Å². The highest BCUT2D eigenvalue weighted by Crippen LogP contribution is 2.68. The van der Waals surface area contributed by atoms with E-state index in [2.05, 4.69) is 20.8 Å². The molecule has 0 aliphatic heterocycles. The number of carboxylic acids is 2. The number of hydrogen-bond donors (Lipinski definition) is 5. The van der Waals surface area contributed by atoms with Gasteiger partial charge >= 0.3 is 11.9 Å². The minimum Gasteiger partial charge on any atom is -0.480 e. The zero-order valence-electron chi connectivity index (χ0n) is 21.8. The maximum absolute atomic E-state index is 11.7. The summed E-state index contributed by atoms with van der Waals surface area (Å²) in [5, 5.41) is 52.1. The first-order valence-electron chi connectivity index (χ1n) is 13.8. The maximum atomic E-state index is 11.7. The van der Waals surface area contributed by atoms with E-state index in [1.165, 1.54) is 6.92 Å². The van der Waals surface area contributed by atoms with Gasteiger partial charge in [0, 0.05) is 0 Å². The van der Waals surface area contributed by atoms with Crippen molar-refractivity contribution in [2.24, 2.45) is 51.8 Å². The van der Waals surface area contributed by atoms with Crippen molar-refractivity contribution >= 4 is 11.9 Å². The number of aliphatic hydroxyl groups is 3. The van der Waals surface area contributed by atoms with Crippen LogP contribution >= 0.6 is 0 Å². The van der Waals surface area contributed by atoms with Crippen LogP contribution in [-0.2, 0) is 9.59 Å². The summed E-state index contributed by atoms with van der Waals surface area (Å²) < 4.78 is 0. The molecule has 7 nitrogen and oxygen atoms in total. The van der Waals surface area contributed by atoms with E-state index in [0.29, 0.717) is 18.8 Å². The molecule has 35 heavy (non-hydrogen) atoms. The zero-order chi connectivity index (χ0) is 25.9. The van der Waals surface area contributed by atoms with Gasteiger partial charge in [0.05, 0.1) is 18.3 Å². The van der Waals surface area contributed by atoms with Gasteiger partial charge in [-0.2, -0.15) is 0 Å². The average Bonchev–Trinajstić information content (AvgIpc) is 3.13. The lowest BCUT2D eigenvalue weighted by Gasteiger charge is -2.63. The van der Waals surface area contributed by atoms with Crippen LogP contribution in [0.3, 0.4) is 0 Å². The smallest absolute Gasteiger partial charge is 0.320 e. The van der Waals surface area contributed by atoms with Crippen molar-refractivity contribution in [1.29, 1.82) is 0 Å². The molecule has 0 aromatic carbocycles. The molecule has 0 aromatic rings. The third-order valence-electron chi connectivity index (χ3n) is 11.8. The summed E-state index contributed by atoms with van der Waals surface area (Å²) in [6.45, 7) is 7.98. The van der Waals surface area contributed by atoms with Crippen molar-refractivity contribution < 1.29 is 35.1 Å². The molecule has 0 spiro atoms. The van der Waals surface area contributed by atoms with Crippen LogP contribution in [0.4, 0.5) is 0 Å². The Labute approximate surface area is 209 Å². The molecule has 200 valence electrons. The summed E-state index contributed by atoms with van der Waals surface area (Å²) in [5.74, 6) is -1.14. The van der Waals surface area contributed by atoms with Gasteiger partial charge in [0.15, 0.2) is 5.41 Å². The summed E-state index contributed by atoms with van der Waals surface area (Å²) in [7, 11) is 0. The molecule has 0 amide bonds. The second-order valence-corrected chi connectivity index (χ2v) is 13.3. The summed E-state index contributed by atoms with van der Waals surface area (Å²) in [6, 6.07) is 0. The molecule has 0 heterocycles. The van der Waals surface area contributed by atoms with E-state index in [4.69, 9.17) is 0 Å².